The molecule has 0 rings (SSSR count). The summed E-state index contributed by atoms with van der Waals surface area (Å²) in [5, 5.41) is 10.8. The molecular formula is C9H18F3NO2. The molecular weight excluding hydrogens is 211 g/mol. The van der Waals surface area contributed by atoms with Crippen LogP contribution in [0.25, 0.3) is 0 Å². The molecule has 0 saturated heterocycles. The summed E-state index contributed by atoms with van der Waals surface area (Å²) in [6.45, 7) is 4.97. The summed E-state index contributed by atoms with van der Waals surface area (Å²) in [5.74, 6) is -2.88. The number of carboxylic acid groups (broad SMARTS) is 1. The summed E-state index contributed by atoms with van der Waals surface area (Å²) in [6, 6.07) is -1.14. The minimum Gasteiger partial charge on any atom is -0.480 e. The average molecular weight is 229 g/mol. The monoisotopic (exact) mass is 229 g/mol. The lowest BCUT2D eigenvalue weighted by atomic mass is 10.0. The van der Waals surface area contributed by atoms with Crippen molar-refractivity contribution >= 4 is 5.97 Å². The third kappa shape index (κ3) is 7.18. The Morgan fingerprint density at radius 3 is 2.00 bits per heavy atom. The van der Waals surface area contributed by atoms with Gasteiger partial charge >= 0.3 is 12.1 Å². The van der Waals surface area contributed by atoms with Gasteiger partial charge in [-0.3, -0.25) is 4.79 Å². The Labute approximate surface area is 87.7 Å². The molecule has 92 valence electrons. The SMILES string of the molecule is CC.CN[C@@H](C[C@H](C)C(F)(F)F)C(=O)O. The molecule has 0 heterocycles. The molecule has 2 atom stereocenters. The van der Waals surface area contributed by atoms with Crippen LogP contribution >= 0.6 is 0 Å². The van der Waals surface area contributed by atoms with Crippen LogP contribution in [0.4, 0.5) is 13.2 Å². The average Bonchev–Trinajstić information content (AvgIpc) is 2.14. The molecule has 3 nitrogen and oxygen atoms in total. The van der Waals surface area contributed by atoms with Crippen LogP contribution in [-0.2, 0) is 4.79 Å². The van der Waals surface area contributed by atoms with Crippen molar-refractivity contribution in [2.45, 2.75) is 39.4 Å². The first-order valence-electron chi connectivity index (χ1n) is 4.75. The van der Waals surface area contributed by atoms with Crippen LogP contribution in [0.5, 0.6) is 0 Å². The van der Waals surface area contributed by atoms with E-state index in [-0.39, 0.29) is 0 Å². The number of hydrogen-bond acceptors (Lipinski definition) is 2. The Kier molecular flexibility index (Phi) is 8.33. The van der Waals surface area contributed by atoms with E-state index in [2.05, 4.69) is 5.32 Å². The van der Waals surface area contributed by atoms with Crippen molar-refractivity contribution in [1.82, 2.24) is 5.32 Å². The molecule has 0 aromatic carbocycles. The molecule has 0 aliphatic carbocycles. The number of likely N-dealkylation sites (N-methyl/N-ethyl adjacent to an activating group) is 1. The van der Waals surface area contributed by atoms with Gasteiger partial charge in [-0.05, 0) is 13.5 Å². The highest BCUT2D eigenvalue weighted by molar-refractivity contribution is 5.73. The second-order valence-electron chi connectivity index (χ2n) is 2.86. The van der Waals surface area contributed by atoms with Crippen LogP contribution in [0.2, 0.25) is 0 Å². The molecule has 15 heavy (non-hydrogen) atoms. The number of carbonyl (C=O) groups is 1. The highest BCUT2D eigenvalue weighted by atomic mass is 19.4. The van der Waals surface area contributed by atoms with Gasteiger partial charge in [0, 0.05) is 0 Å². The van der Waals surface area contributed by atoms with E-state index in [4.69, 9.17) is 5.11 Å². The molecule has 0 unspecified atom stereocenters. The molecule has 0 saturated carbocycles. The lowest BCUT2D eigenvalue weighted by Gasteiger charge is -2.19. The van der Waals surface area contributed by atoms with Crippen LogP contribution in [0.1, 0.15) is 27.2 Å². The molecule has 0 aromatic heterocycles. The van der Waals surface area contributed by atoms with Crippen molar-refractivity contribution in [1.29, 1.82) is 0 Å². The fraction of sp³-hybridized carbons (Fsp3) is 0.889. The number of rotatable bonds is 4. The number of carboxylic acids is 1. The summed E-state index contributed by atoms with van der Waals surface area (Å²) in [6.07, 6.45) is -4.78. The van der Waals surface area contributed by atoms with Crippen molar-refractivity contribution < 1.29 is 23.1 Å². The first kappa shape index (κ1) is 16.6. The zero-order valence-electron chi connectivity index (χ0n) is 9.35. The largest absolute Gasteiger partial charge is 0.480 e. The Hall–Kier alpha value is -0.780. The van der Waals surface area contributed by atoms with E-state index < -0.39 is 30.5 Å². The normalized spacial score (nSPS) is 14.9. The molecule has 0 amide bonds. The van der Waals surface area contributed by atoms with Crippen molar-refractivity contribution in [3.63, 3.8) is 0 Å². The third-order valence-electron chi connectivity index (χ3n) is 1.79. The second-order valence-corrected chi connectivity index (χ2v) is 2.86. The molecule has 0 aromatic rings. The van der Waals surface area contributed by atoms with Gasteiger partial charge in [0.05, 0.1) is 5.92 Å². The highest BCUT2D eigenvalue weighted by Crippen LogP contribution is 2.29. The fourth-order valence-electron chi connectivity index (χ4n) is 0.829. The zero-order chi connectivity index (χ0) is 12.6. The molecule has 0 bridgehead atoms. The van der Waals surface area contributed by atoms with Crippen molar-refractivity contribution in [2.75, 3.05) is 7.05 Å². The van der Waals surface area contributed by atoms with Gasteiger partial charge in [-0.2, -0.15) is 13.2 Å². The lowest BCUT2D eigenvalue weighted by Crippen LogP contribution is -2.38. The zero-order valence-corrected chi connectivity index (χ0v) is 9.35. The van der Waals surface area contributed by atoms with E-state index in [0.29, 0.717) is 0 Å². The third-order valence-corrected chi connectivity index (χ3v) is 1.79. The number of nitrogens with one attached hydrogen (secondary N) is 1. The topological polar surface area (TPSA) is 49.3 Å². The molecule has 0 radical (unpaired) electrons. The van der Waals surface area contributed by atoms with Gasteiger partial charge in [0.1, 0.15) is 6.04 Å². The molecule has 0 fully saturated rings. The first-order chi connectivity index (χ1) is 6.79. The van der Waals surface area contributed by atoms with E-state index in [1.165, 1.54) is 7.05 Å². The quantitative estimate of drug-likeness (QED) is 0.777. The van der Waals surface area contributed by atoms with Gasteiger partial charge in [-0.25, -0.2) is 0 Å². The van der Waals surface area contributed by atoms with E-state index in [1.807, 2.05) is 13.8 Å². The van der Waals surface area contributed by atoms with Crippen LogP contribution < -0.4 is 5.32 Å². The van der Waals surface area contributed by atoms with E-state index in [9.17, 15) is 18.0 Å². The van der Waals surface area contributed by atoms with Crippen molar-refractivity contribution in [3.8, 4) is 0 Å². The fourth-order valence-corrected chi connectivity index (χ4v) is 0.829. The summed E-state index contributed by atoms with van der Waals surface area (Å²) >= 11 is 0. The number of hydrogen-bond donors (Lipinski definition) is 2. The van der Waals surface area contributed by atoms with Crippen LogP contribution in [0.15, 0.2) is 0 Å². The second kappa shape index (κ2) is 7.50. The van der Waals surface area contributed by atoms with Gasteiger partial charge in [0.25, 0.3) is 0 Å². The van der Waals surface area contributed by atoms with Crippen LogP contribution in [0, 0.1) is 5.92 Å². The maximum Gasteiger partial charge on any atom is 0.391 e. The first-order valence-corrected chi connectivity index (χ1v) is 4.75. The van der Waals surface area contributed by atoms with Crippen LogP contribution in [-0.4, -0.2) is 30.3 Å². The van der Waals surface area contributed by atoms with E-state index >= 15 is 0 Å². The molecule has 0 aliphatic rings. The predicted molar refractivity (Wildman–Crippen MR) is 51.7 cm³/mol. The summed E-state index contributed by atoms with van der Waals surface area (Å²) in [5.41, 5.74) is 0. The smallest absolute Gasteiger partial charge is 0.391 e. The van der Waals surface area contributed by atoms with Crippen molar-refractivity contribution in [2.24, 2.45) is 5.92 Å². The van der Waals surface area contributed by atoms with E-state index in [0.717, 1.165) is 6.92 Å². The Morgan fingerprint density at radius 1 is 1.40 bits per heavy atom. The van der Waals surface area contributed by atoms with E-state index in [1.54, 1.807) is 0 Å². The molecule has 6 heteroatoms. The number of halogens is 3. The van der Waals surface area contributed by atoms with Gasteiger partial charge in [-0.1, -0.05) is 20.8 Å². The highest BCUT2D eigenvalue weighted by Gasteiger charge is 2.38. The minimum atomic E-state index is -4.33. The maximum absolute atomic E-state index is 12.0. The molecule has 2 N–H and O–H groups in total. The summed E-state index contributed by atoms with van der Waals surface area (Å²) in [7, 11) is 1.32. The summed E-state index contributed by atoms with van der Waals surface area (Å²) in [4.78, 5) is 10.4. The van der Waals surface area contributed by atoms with Crippen molar-refractivity contribution in [3.05, 3.63) is 0 Å². The summed E-state index contributed by atoms with van der Waals surface area (Å²) < 4.78 is 36.0. The predicted octanol–water partition coefficient (Wildman–Crippen LogP) is 2.27. The molecule has 0 spiro atoms. The van der Waals surface area contributed by atoms with Gasteiger partial charge in [0.15, 0.2) is 0 Å². The minimum absolute atomic E-state index is 0.449. The van der Waals surface area contributed by atoms with Gasteiger partial charge < -0.3 is 10.4 Å². The Bertz CT molecular complexity index is 183. The number of alkyl halides is 3. The molecule has 0 aliphatic heterocycles. The van der Waals surface area contributed by atoms with Gasteiger partial charge in [-0.15, -0.1) is 0 Å². The Balaban J connectivity index is 0. The van der Waals surface area contributed by atoms with Crippen LogP contribution in [0.3, 0.4) is 0 Å². The van der Waals surface area contributed by atoms with Gasteiger partial charge in [0.2, 0.25) is 0 Å². The number of aliphatic carboxylic acids is 1. The maximum atomic E-state index is 12.0. The lowest BCUT2D eigenvalue weighted by molar-refractivity contribution is -0.174. The standard InChI is InChI=1S/C7H12F3NO2.C2H6/c1-4(7(8,9)10)3-5(11-2)6(12)13;1-2/h4-5,11H,3H2,1-2H3,(H,12,13);1-2H3/t4-,5-;/m0./s1. The Morgan fingerprint density at radius 2 is 1.80 bits per heavy atom.